The number of carbonyl (C=O) groups is 1. The van der Waals surface area contributed by atoms with Crippen molar-refractivity contribution in [3.63, 3.8) is 0 Å². The van der Waals surface area contributed by atoms with Crippen molar-refractivity contribution in [2.24, 2.45) is 0 Å². The summed E-state index contributed by atoms with van der Waals surface area (Å²) in [6, 6.07) is 0. The molecule has 122 valence electrons. The normalized spacial score (nSPS) is 11.4. The predicted octanol–water partition coefficient (Wildman–Crippen LogP) is 2.29. The molecular formula is C15H32O5. The topological polar surface area (TPSA) is 76.0 Å². The van der Waals surface area contributed by atoms with Crippen LogP contribution in [-0.2, 0) is 14.3 Å². The van der Waals surface area contributed by atoms with Crippen molar-refractivity contribution in [2.75, 3.05) is 26.4 Å². The summed E-state index contributed by atoms with van der Waals surface area (Å²) in [5.74, 6) is -0.731. The third kappa shape index (κ3) is 17.4. The Labute approximate surface area is 123 Å². The van der Waals surface area contributed by atoms with Crippen molar-refractivity contribution in [2.45, 2.75) is 65.4 Å². The number of unbranched alkanes of at least 4 members (excludes halogenated alkanes) is 5. The Bertz CT molecular complexity index is 195. The van der Waals surface area contributed by atoms with Crippen LogP contribution >= 0.6 is 0 Å². The van der Waals surface area contributed by atoms with Crippen LogP contribution in [-0.4, -0.2) is 48.7 Å². The summed E-state index contributed by atoms with van der Waals surface area (Å²) in [6.45, 7) is 7.59. The molecule has 0 spiro atoms. The first kappa shape index (κ1) is 21.6. The molecule has 0 amide bonds. The Morgan fingerprint density at radius 2 is 1.55 bits per heavy atom. The van der Waals surface area contributed by atoms with Crippen molar-refractivity contribution < 1.29 is 24.5 Å². The van der Waals surface area contributed by atoms with Crippen molar-refractivity contribution in [3.8, 4) is 0 Å². The molecule has 0 radical (unpaired) electrons. The predicted molar refractivity (Wildman–Crippen MR) is 79.6 cm³/mol. The van der Waals surface area contributed by atoms with Gasteiger partial charge in [0, 0.05) is 13.2 Å². The van der Waals surface area contributed by atoms with Crippen LogP contribution in [0, 0.1) is 0 Å². The lowest BCUT2D eigenvalue weighted by Crippen LogP contribution is -2.26. The van der Waals surface area contributed by atoms with Crippen LogP contribution in [0.25, 0.3) is 0 Å². The van der Waals surface area contributed by atoms with Gasteiger partial charge in [-0.3, -0.25) is 0 Å². The molecule has 0 aromatic rings. The number of carbonyl (C=O) groups excluding carboxylic acids is 1. The van der Waals surface area contributed by atoms with Crippen molar-refractivity contribution in [1.82, 2.24) is 0 Å². The molecule has 2 N–H and O–H groups in total. The van der Waals surface area contributed by atoms with Crippen molar-refractivity contribution in [3.05, 3.63) is 0 Å². The average Bonchev–Trinajstić information content (AvgIpc) is 2.46. The van der Waals surface area contributed by atoms with Crippen LogP contribution in [0.3, 0.4) is 0 Å². The smallest absolute Gasteiger partial charge is 0.337 e. The number of aliphatic hydroxyl groups is 2. The van der Waals surface area contributed by atoms with E-state index in [-0.39, 0.29) is 0 Å². The summed E-state index contributed by atoms with van der Waals surface area (Å²) in [5, 5.41) is 17.3. The van der Waals surface area contributed by atoms with Gasteiger partial charge in [0.25, 0.3) is 0 Å². The molecule has 0 aromatic heterocycles. The van der Waals surface area contributed by atoms with Gasteiger partial charge >= 0.3 is 5.97 Å². The number of esters is 1. The third-order valence-corrected chi connectivity index (χ3v) is 2.60. The number of rotatable bonds is 11. The molecule has 0 saturated carbocycles. The highest BCUT2D eigenvalue weighted by atomic mass is 16.5. The fraction of sp³-hybridized carbons (Fsp3) is 0.933. The monoisotopic (exact) mass is 292 g/mol. The molecule has 0 aliphatic carbocycles. The average molecular weight is 292 g/mol. The van der Waals surface area contributed by atoms with E-state index in [1.807, 2.05) is 13.8 Å². The second kappa shape index (κ2) is 18.4. The molecule has 5 nitrogen and oxygen atoms in total. The maximum absolute atomic E-state index is 10.9. The zero-order valence-electron chi connectivity index (χ0n) is 13.3. The van der Waals surface area contributed by atoms with Crippen LogP contribution in [0.15, 0.2) is 0 Å². The minimum absolute atomic E-state index is 0.335. The fourth-order valence-electron chi connectivity index (χ4n) is 1.43. The van der Waals surface area contributed by atoms with Crippen LogP contribution in [0.2, 0.25) is 0 Å². The molecule has 5 heteroatoms. The first-order valence-electron chi connectivity index (χ1n) is 7.67. The van der Waals surface area contributed by atoms with E-state index in [1.165, 1.54) is 19.3 Å². The molecule has 0 aliphatic heterocycles. The molecular weight excluding hydrogens is 260 g/mol. The Kier molecular flexibility index (Phi) is 19.9. The summed E-state index contributed by atoms with van der Waals surface area (Å²) < 4.78 is 9.59. The van der Waals surface area contributed by atoms with E-state index >= 15 is 0 Å². The van der Waals surface area contributed by atoms with Gasteiger partial charge in [-0.2, -0.15) is 0 Å². The highest BCUT2D eigenvalue weighted by Gasteiger charge is 2.14. The molecule has 1 unspecified atom stereocenters. The van der Waals surface area contributed by atoms with Gasteiger partial charge in [-0.05, 0) is 20.3 Å². The van der Waals surface area contributed by atoms with E-state index in [4.69, 9.17) is 19.7 Å². The van der Waals surface area contributed by atoms with Crippen molar-refractivity contribution >= 4 is 5.97 Å². The number of ether oxygens (including phenoxy) is 2. The largest absolute Gasteiger partial charge is 0.464 e. The Morgan fingerprint density at radius 3 is 2.00 bits per heavy atom. The second-order valence-corrected chi connectivity index (χ2v) is 4.42. The number of aliphatic hydroxyl groups excluding tert-OH is 2. The standard InChI is InChI=1S/C11H22O4.C4H10O/c1-2-3-4-5-6-7-8-15-11(14)10(13)9-12;1-3-5-4-2/h10,12-13H,2-9H2,1H3;3-4H2,1-2H3. The van der Waals surface area contributed by atoms with E-state index in [2.05, 4.69) is 6.92 Å². The molecule has 0 fully saturated rings. The van der Waals surface area contributed by atoms with Gasteiger partial charge in [0.05, 0.1) is 13.2 Å². The van der Waals surface area contributed by atoms with Gasteiger partial charge in [0.1, 0.15) is 0 Å². The maximum atomic E-state index is 10.9. The van der Waals surface area contributed by atoms with E-state index in [0.717, 1.165) is 32.5 Å². The molecule has 0 heterocycles. The Morgan fingerprint density at radius 1 is 1.00 bits per heavy atom. The lowest BCUT2D eigenvalue weighted by molar-refractivity contribution is -0.155. The molecule has 0 bridgehead atoms. The second-order valence-electron chi connectivity index (χ2n) is 4.42. The zero-order valence-corrected chi connectivity index (χ0v) is 13.3. The maximum Gasteiger partial charge on any atom is 0.337 e. The Balaban J connectivity index is 0. The molecule has 0 rings (SSSR count). The molecule has 1 atom stereocenters. The van der Waals surface area contributed by atoms with E-state index in [1.54, 1.807) is 0 Å². The van der Waals surface area contributed by atoms with Crippen molar-refractivity contribution in [1.29, 1.82) is 0 Å². The summed E-state index contributed by atoms with van der Waals surface area (Å²) >= 11 is 0. The highest BCUT2D eigenvalue weighted by Crippen LogP contribution is 2.05. The summed E-state index contributed by atoms with van der Waals surface area (Å²) in [7, 11) is 0. The van der Waals surface area contributed by atoms with Gasteiger partial charge in [0.15, 0.2) is 6.10 Å². The SMILES string of the molecule is CCCCCCCCOC(=O)C(O)CO.CCOCC. The highest BCUT2D eigenvalue weighted by molar-refractivity contribution is 5.74. The van der Waals surface area contributed by atoms with Crippen LogP contribution in [0.4, 0.5) is 0 Å². The molecule has 0 saturated heterocycles. The van der Waals surface area contributed by atoms with Gasteiger partial charge in [-0.25, -0.2) is 4.79 Å². The summed E-state index contributed by atoms with van der Waals surface area (Å²) in [5.41, 5.74) is 0. The van der Waals surface area contributed by atoms with E-state index in [0.29, 0.717) is 6.61 Å². The number of hydrogen-bond acceptors (Lipinski definition) is 5. The van der Waals surface area contributed by atoms with Gasteiger partial charge in [0.2, 0.25) is 0 Å². The van der Waals surface area contributed by atoms with Gasteiger partial charge < -0.3 is 19.7 Å². The van der Waals surface area contributed by atoms with Gasteiger partial charge in [-0.1, -0.05) is 39.0 Å². The first-order chi connectivity index (χ1) is 9.63. The quantitative estimate of drug-likeness (QED) is 0.451. The minimum atomic E-state index is -1.38. The molecule has 0 aliphatic rings. The molecule has 20 heavy (non-hydrogen) atoms. The zero-order chi connectivity index (χ0) is 15.6. The fourth-order valence-corrected chi connectivity index (χ4v) is 1.43. The molecule has 0 aromatic carbocycles. The minimum Gasteiger partial charge on any atom is -0.464 e. The number of hydrogen-bond donors (Lipinski definition) is 2. The lowest BCUT2D eigenvalue weighted by atomic mass is 10.1. The Hall–Kier alpha value is -0.650. The van der Waals surface area contributed by atoms with Gasteiger partial charge in [-0.15, -0.1) is 0 Å². The summed E-state index contributed by atoms with van der Waals surface area (Å²) in [4.78, 5) is 10.9. The third-order valence-electron chi connectivity index (χ3n) is 2.60. The van der Waals surface area contributed by atoms with Crippen LogP contribution in [0.1, 0.15) is 59.3 Å². The lowest BCUT2D eigenvalue weighted by Gasteiger charge is -2.07. The van der Waals surface area contributed by atoms with E-state index < -0.39 is 18.7 Å². The first-order valence-corrected chi connectivity index (χ1v) is 7.67. The van der Waals surface area contributed by atoms with E-state index in [9.17, 15) is 4.79 Å². The summed E-state index contributed by atoms with van der Waals surface area (Å²) in [6.07, 6.45) is 5.35. The van der Waals surface area contributed by atoms with Crippen LogP contribution < -0.4 is 0 Å². The van der Waals surface area contributed by atoms with Crippen LogP contribution in [0.5, 0.6) is 0 Å².